The number of carbonyl (C=O) groups is 1. The summed E-state index contributed by atoms with van der Waals surface area (Å²) in [7, 11) is 0. The molecule has 2 rings (SSSR count). The Labute approximate surface area is 98.6 Å². The molecule has 0 bridgehead atoms. The fourth-order valence-corrected chi connectivity index (χ4v) is 3.05. The summed E-state index contributed by atoms with van der Waals surface area (Å²) < 4.78 is 0. The summed E-state index contributed by atoms with van der Waals surface area (Å²) in [6, 6.07) is 0. The second-order valence-electron chi connectivity index (χ2n) is 5.94. The number of carbonyl (C=O) groups excluding carboxylic acids is 1. The van der Waals surface area contributed by atoms with Crippen LogP contribution in [-0.2, 0) is 4.79 Å². The zero-order chi connectivity index (χ0) is 11.8. The summed E-state index contributed by atoms with van der Waals surface area (Å²) in [5.74, 6) is 1.42. The van der Waals surface area contributed by atoms with E-state index in [1.165, 1.54) is 18.4 Å². The predicted molar refractivity (Wildman–Crippen MR) is 67.1 cm³/mol. The molecule has 1 heteroatoms. The van der Waals surface area contributed by atoms with E-state index in [-0.39, 0.29) is 0 Å². The average molecular weight is 218 g/mol. The Morgan fingerprint density at radius 2 is 2.12 bits per heavy atom. The van der Waals surface area contributed by atoms with Crippen LogP contribution in [0.15, 0.2) is 23.3 Å². The summed E-state index contributed by atoms with van der Waals surface area (Å²) in [5, 5.41) is 0. The SMILES string of the molecule is C/C1=C\CC/C(C=O)=C\[C@@H]2[C@H](CC1)C2(C)C. The van der Waals surface area contributed by atoms with Crippen molar-refractivity contribution < 1.29 is 4.79 Å². The van der Waals surface area contributed by atoms with Crippen molar-refractivity contribution in [2.45, 2.75) is 46.5 Å². The van der Waals surface area contributed by atoms with E-state index in [1.807, 2.05) is 0 Å². The van der Waals surface area contributed by atoms with Crippen LogP contribution < -0.4 is 0 Å². The van der Waals surface area contributed by atoms with E-state index < -0.39 is 0 Å². The monoisotopic (exact) mass is 218 g/mol. The highest BCUT2D eigenvalue weighted by molar-refractivity contribution is 5.73. The molecule has 0 saturated heterocycles. The molecule has 0 N–H and O–H groups in total. The lowest BCUT2D eigenvalue weighted by Gasteiger charge is -2.04. The van der Waals surface area contributed by atoms with Gasteiger partial charge < -0.3 is 0 Å². The predicted octanol–water partition coefficient (Wildman–Crippen LogP) is 3.90. The van der Waals surface area contributed by atoms with Crippen LogP contribution >= 0.6 is 0 Å². The van der Waals surface area contributed by atoms with E-state index in [4.69, 9.17) is 0 Å². The van der Waals surface area contributed by atoms with Gasteiger partial charge in [-0.1, -0.05) is 31.6 Å². The number of hydrogen-bond donors (Lipinski definition) is 0. The zero-order valence-corrected chi connectivity index (χ0v) is 10.6. The first-order valence-electron chi connectivity index (χ1n) is 6.37. The molecule has 2 atom stereocenters. The maximum atomic E-state index is 11.0. The Balaban J connectivity index is 2.18. The molecular formula is C15H22O. The third-order valence-corrected chi connectivity index (χ3v) is 4.46. The highest BCUT2D eigenvalue weighted by Crippen LogP contribution is 2.61. The van der Waals surface area contributed by atoms with Crippen LogP contribution in [0.4, 0.5) is 0 Å². The van der Waals surface area contributed by atoms with E-state index in [2.05, 4.69) is 32.9 Å². The molecule has 2 aliphatic carbocycles. The second-order valence-corrected chi connectivity index (χ2v) is 5.94. The van der Waals surface area contributed by atoms with Crippen molar-refractivity contribution in [1.29, 1.82) is 0 Å². The third kappa shape index (κ3) is 2.14. The normalized spacial score (nSPS) is 39.7. The lowest BCUT2D eigenvalue weighted by atomic mass is 10.0. The number of aldehydes is 1. The maximum absolute atomic E-state index is 11.0. The van der Waals surface area contributed by atoms with Gasteiger partial charge in [-0.25, -0.2) is 0 Å². The van der Waals surface area contributed by atoms with Crippen molar-refractivity contribution >= 4 is 6.29 Å². The Hall–Kier alpha value is -0.850. The fraction of sp³-hybridized carbons (Fsp3) is 0.667. The quantitative estimate of drug-likeness (QED) is 0.482. The van der Waals surface area contributed by atoms with Crippen LogP contribution in [0, 0.1) is 17.3 Å². The maximum Gasteiger partial charge on any atom is 0.145 e. The molecule has 1 nitrogen and oxygen atoms in total. The molecular weight excluding hydrogens is 196 g/mol. The molecule has 1 saturated carbocycles. The molecule has 0 aromatic carbocycles. The van der Waals surface area contributed by atoms with Crippen LogP contribution in [0.3, 0.4) is 0 Å². The molecule has 0 aromatic rings. The minimum atomic E-state index is 0.416. The summed E-state index contributed by atoms with van der Waals surface area (Å²) in [4.78, 5) is 11.0. The first-order chi connectivity index (χ1) is 7.55. The number of allylic oxidation sites excluding steroid dienone is 4. The van der Waals surface area contributed by atoms with Gasteiger partial charge in [0.05, 0.1) is 0 Å². The van der Waals surface area contributed by atoms with Gasteiger partial charge in [-0.15, -0.1) is 0 Å². The van der Waals surface area contributed by atoms with Gasteiger partial charge in [0.2, 0.25) is 0 Å². The number of hydrogen-bond acceptors (Lipinski definition) is 1. The van der Waals surface area contributed by atoms with Gasteiger partial charge in [0, 0.05) is 0 Å². The van der Waals surface area contributed by atoms with Crippen molar-refractivity contribution in [3.05, 3.63) is 23.3 Å². The van der Waals surface area contributed by atoms with E-state index in [0.29, 0.717) is 11.3 Å². The first kappa shape index (κ1) is 11.6. The number of fused-ring (bicyclic) bond motifs is 1. The van der Waals surface area contributed by atoms with Crippen molar-refractivity contribution in [2.75, 3.05) is 0 Å². The summed E-state index contributed by atoms with van der Waals surface area (Å²) >= 11 is 0. The van der Waals surface area contributed by atoms with Crippen molar-refractivity contribution in [1.82, 2.24) is 0 Å². The smallest absolute Gasteiger partial charge is 0.145 e. The Morgan fingerprint density at radius 1 is 1.38 bits per heavy atom. The average Bonchev–Trinajstić information content (AvgIpc) is 2.76. The summed E-state index contributed by atoms with van der Waals surface area (Å²) in [6.07, 6.45) is 10.0. The Morgan fingerprint density at radius 3 is 2.81 bits per heavy atom. The zero-order valence-electron chi connectivity index (χ0n) is 10.6. The molecule has 0 unspecified atom stereocenters. The van der Waals surface area contributed by atoms with Crippen molar-refractivity contribution in [3.8, 4) is 0 Å². The van der Waals surface area contributed by atoms with E-state index in [9.17, 15) is 4.79 Å². The van der Waals surface area contributed by atoms with Gasteiger partial charge in [0.25, 0.3) is 0 Å². The minimum Gasteiger partial charge on any atom is -0.298 e. The number of rotatable bonds is 1. The van der Waals surface area contributed by atoms with E-state index in [1.54, 1.807) is 0 Å². The first-order valence-corrected chi connectivity index (χ1v) is 6.37. The summed E-state index contributed by atoms with van der Waals surface area (Å²) in [5.41, 5.74) is 2.92. The lowest BCUT2D eigenvalue weighted by molar-refractivity contribution is -0.105. The Kier molecular flexibility index (Phi) is 3.05. The lowest BCUT2D eigenvalue weighted by Crippen LogP contribution is -1.91. The molecule has 0 aliphatic heterocycles. The molecule has 0 amide bonds. The third-order valence-electron chi connectivity index (χ3n) is 4.46. The topological polar surface area (TPSA) is 17.1 Å². The van der Waals surface area contributed by atoms with Gasteiger partial charge in [-0.3, -0.25) is 4.79 Å². The molecule has 0 spiro atoms. The Bertz CT molecular complexity index is 346. The molecule has 0 aromatic heterocycles. The van der Waals surface area contributed by atoms with Gasteiger partial charge in [-0.2, -0.15) is 0 Å². The molecule has 2 aliphatic rings. The highest BCUT2D eigenvalue weighted by Gasteiger charge is 2.55. The molecule has 0 radical (unpaired) electrons. The molecule has 88 valence electrons. The van der Waals surface area contributed by atoms with Gasteiger partial charge in [0.1, 0.15) is 6.29 Å². The van der Waals surface area contributed by atoms with Crippen LogP contribution in [0.2, 0.25) is 0 Å². The molecule has 0 heterocycles. The molecule has 1 fully saturated rings. The molecule has 16 heavy (non-hydrogen) atoms. The van der Waals surface area contributed by atoms with Crippen molar-refractivity contribution in [3.63, 3.8) is 0 Å². The summed E-state index contributed by atoms with van der Waals surface area (Å²) in [6.45, 7) is 6.88. The van der Waals surface area contributed by atoms with E-state index >= 15 is 0 Å². The van der Waals surface area contributed by atoms with Crippen LogP contribution in [0.5, 0.6) is 0 Å². The van der Waals surface area contributed by atoms with Crippen LogP contribution in [0.1, 0.15) is 46.5 Å². The van der Waals surface area contributed by atoms with Crippen LogP contribution in [-0.4, -0.2) is 6.29 Å². The van der Waals surface area contributed by atoms with Gasteiger partial charge in [0.15, 0.2) is 0 Å². The standard InChI is InChI=1S/C15H22O/c1-11-5-4-6-12(10-16)9-14-13(8-7-11)15(14,2)3/h5,9-10,13-14H,4,6-8H2,1-3H3/b11-5+,12-9+/t13-,14+/m0/s1. The van der Waals surface area contributed by atoms with Crippen molar-refractivity contribution in [2.24, 2.45) is 17.3 Å². The fourth-order valence-electron chi connectivity index (χ4n) is 3.05. The van der Waals surface area contributed by atoms with Gasteiger partial charge >= 0.3 is 0 Å². The van der Waals surface area contributed by atoms with Gasteiger partial charge in [-0.05, 0) is 55.4 Å². The van der Waals surface area contributed by atoms with E-state index in [0.717, 1.165) is 30.6 Å². The second kappa shape index (κ2) is 4.20. The van der Waals surface area contributed by atoms with Crippen LogP contribution in [0.25, 0.3) is 0 Å². The highest BCUT2D eigenvalue weighted by atomic mass is 16.1. The largest absolute Gasteiger partial charge is 0.298 e. The minimum absolute atomic E-state index is 0.416.